The van der Waals surface area contributed by atoms with Gasteiger partial charge in [-0.25, -0.2) is 4.98 Å². The number of hydrogen-bond acceptors (Lipinski definition) is 5. The molecule has 0 radical (unpaired) electrons. The number of hydrogen-bond donors (Lipinski definition) is 1. The predicted molar refractivity (Wildman–Crippen MR) is 112 cm³/mol. The first kappa shape index (κ1) is 19.9. The Morgan fingerprint density at radius 1 is 1.30 bits per heavy atom. The van der Waals surface area contributed by atoms with Crippen LogP contribution in [0.2, 0.25) is 0 Å². The predicted octanol–water partition coefficient (Wildman–Crippen LogP) is 3.34. The Kier molecular flexibility index (Phi) is 5.40. The van der Waals surface area contributed by atoms with Gasteiger partial charge in [0.1, 0.15) is 17.1 Å². The molecule has 7 heteroatoms. The highest BCUT2D eigenvalue weighted by Gasteiger charge is 2.27. The molecule has 0 unspecified atom stereocenters. The van der Waals surface area contributed by atoms with Crippen molar-refractivity contribution in [3.05, 3.63) is 62.9 Å². The molecule has 154 valence electrons. The third-order valence-electron chi connectivity index (χ3n) is 6.02. The van der Waals surface area contributed by atoms with Gasteiger partial charge in [0.05, 0.1) is 0 Å². The number of aromatic amines is 1. The Balaban J connectivity index is 1.37. The lowest BCUT2D eigenvalue weighted by atomic mass is 9.95. The standard InChI is InChI=1S/C23H24N4O3/c1-14-17(15(2)25-22(29)18(14)13-24)7-8-21(28)27-11-9-16(10-12-27)23-26-19-5-3-4-6-20(19)30-23/h3-6,16H,7-12H2,1-2H3,(H,25,29). The second kappa shape index (κ2) is 8.15. The minimum Gasteiger partial charge on any atom is -0.440 e. The number of H-pyrrole nitrogens is 1. The third kappa shape index (κ3) is 3.73. The van der Waals surface area contributed by atoms with Crippen LogP contribution in [0.3, 0.4) is 0 Å². The van der Waals surface area contributed by atoms with Gasteiger partial charge in [-0.05, 0) is 56.4 Å². The lowest BCUT2D eigenvalue weighted by molar-refractivity contribution is -0.132. The molecule has 1 N–H and O–H groups in total. The lowest BCUT2D eigenvalue weighted by Gasteiger charge is -2.30. The number of rotatable bonds is 4. The maximum absolute atomic E-state index is 12.7. The smallest absolute Gasteiger partial charge is 0.266 e. The van der Waals surface area contributed by atoms with E-state index in [-0.39, 0.29) is 22.9 Å². The highest BCUT2D eigenvalue weighted by atomic mass is 16.3. The molecular weight excluding hydrogens is 380 g/mol. The van der Waals surface area contributed by atoms with E-state index >= 15 is 0 Å². The number of carbonyl (C=O) groups is 1. The fraction of sp³-hybridized carbons (Fsp3) is 0.391. The Bertz CT molecular complexity index is 1160. The summed E-state index contributed by atoms with van der Waals surface area (Å²) in [5.41, 5.74) is 3.69. The zero-order valence-corrected chi connectivity index (χ0v) is 17.2. The molecule has 3 heterocycles. The molecule has 1 aromatic carbocycles. The summed E-state index contributed by atoms with van der Waals surface area (Å²) < 4.78 is 5.90. The topological polar surface area (TPSA) is 103 Å². The number of para-hydroxylation sites is 2. The summed E-state index contributed by atoms with van der Waals surface area (Å²) in [7, 11) is 0. The zero-order valence-electron chi connectivity index (χ0n) is 17.2. The number of amides is 1. The number of fused-ring (bicyclic) bond motifs is 1. The first-order valence-corrected chi connectivity index (χ1v) is 10.2. The van der Waals surface area contributed by atoms with Gasteiger partial charge in [-0.2, -0.15) is 5.26 Å². The van der Waals surface area contributed by atoms with Crippen LogP contribution in [0.5, 0.6) is 0 Å². The molecule has 0 atom stereocenters. The molecule has 1 fully saturated rings. The number of piperidine rings is 1. The van der Waals surface area contributed by atoms with Crippen molar-refractivity contribution in [2.24, 2.45) is 0 Å². The van der Waals surface area contributed by atoms with E-state index in [1.807, 2.05) is 35.2 Å². The molecule has 0 saturated carbocycles. The van der Waals surface area contributed by atoms with Crippen molar-refractivity contribution in [1.29, 1.82) is 5.26 Å². The molecule has 1 amide bonds. The van der Waals surface area contributed by atoms with Gasteiger partial charge in [-0.1, -0.05) is 12.1 Å². The number of aryl methyl sites for hydroxylation is 1. The molecule has 1 aliphatic heterocycles. The van der Waals surface area contributed by atoms with E-state index in [1.165, 1.54) is 0 Å². The minimum atomic E-state index is -0.371. The van der Waals surface area contributed by atoms with E-state index < -0.39 is 0 Å². The number of nitrogens with one attached hydrogen (secondary N) is 1. The van der Waals surface area contributed by atoms with Crippen LogP contribution in [-0.4, -0.2) is 33.9 Å². The van der Waals surface area contributed by atoms with Crippen LogP contribution in [-0.2, 0) is 11.2 Å². The van der Waals surface area contributed by atoms with E-state index in [2.05, 4.69) is 9.97 Å². The minimum absolute atomic E-state index is 0.0922. The number of carbonyl (C=O) groups excluding carboxylic acids is 1. The van der Waals surface area contributed by atoms with Crippen molar-refractivity contribution >= 4 is 17.0 Å². The van der Waals surface area contributed by atoms with Gasteiger partial charge in [0.25, 0.3) is 5.56 Å². The number of nitrogens with zero attached hydrogens (tertiary/aromatic N) is 3. The number of pyridine rings is 1. The van der Waals surface area contributed by atoms with Gasteiger partial charge < -0.3 is 14.3 Å². The second-order valence-electron chi connectivity index (χ2n) is 7.84. The van der Waals surface area contributed by atoms with Gasteiger partial charge in [-0.3, -0.25) is 9.59 Å². The van der Waals surface area contributed by atoms with Crippen molar-refractivity contribution in [2.45, 2.75) is 45.4 Å². The summed E-state index contributed by atoms with van der Waals surface area (Å²) in [6.45, 7) is 4.93. The largest absolute Gasteiger partial charge is 0.440 e. The Morgan fingerprint density at radius 3 is 2.73 bits per heavy atom. The monoisotopic (exact) mass is 404 g/mol. The van der Waals surface area contributed by atoms with E-state index in [0.717, 1.165) is 41.1 Å². The average molecular weight is 404 g/mol. The highest BCUT2D eigenvalue weighted by molar-refractivity contribution is 5.76. The fourth-order valence-electron chi connectivity index (χ4n) is 4.25. The maximum Gasteiger partial charge on any atom is 0.266 e. The van der Waals surface area contributed by atoms with Gasteiger partial charge in [-0.15, -0.1) is 0 Å². The molecule has 1 saturated heterocycles. The molecular formula is C23H24N4O3. The summed E-state index contributed by atoms with van der Waals surface area (Å²) in [5.74, 6) is 1.07. The first-order valence-electron chi connectivity index (χ1n) is 10.2. The zero-order chi connectivity index (χ0) is 21.3. The SMILES string of the molecule is Cc1[nH]c(=O)c(C#N)c(C)c1CCC(=O)N1CCC(c2nc3ccccc3o2)CC1. The molecule has 0 spiro atoms. The quantitative estimate of drug-likeness (QED) is 0.718. The van der Waals surface area contributed by atoms with E-state index in [1.54, 1.807) is 13.8 Å². The Morgan fingerprint density at radius 2 is 2.03 bits per heavy atom. The van der Waals surface area contributed by atoms with Crippen LogP contribution in [0, 0.1) is 25.2 Å². The van der Waals surface area contributed by atoms with Gasteiger partial charge in [0, 0.05) is 31.1 Å². The highest BCUT2D eigenvalue weighted by Crippen LogP contribution is 2.30. The number of likely N-dealkylation sites (tertiary alicyclic amines) is 1. The molecule has 1 aliphatic rings. The lowest BCUT2D eigenvalue weighted by Crippen LogP contribution is -2.38. The fourth-order valence-corrected chi connectivity index (χ4v) is 4.25. The second-order valence-corrected chi connectivity index (χ2v) is 7.84. The van der Waals surface area contributed by atoms with Gasteiger partial charge >= 0.3 is 0 Å². The van der Waals surface area contributed by atoms with Gasteiger partial charge in [0.2, 0.25) is 5.91 Å². The summed E-state index contributed by atoms with van der Waals surface area (Å²) >= 11 is 0. The van der Waals surface area contributed by atoms with Crippen molar-refractivity contribution in [1.82, 2.24) is 14.9 Å². The van der Waals surface area contributed by atoms with Crippen molar-refractivity contribution in [3.63, 3.8) is 0 Å². The van der Waals surface area contributed by atoms with E-state index in [0.29, 0.717) is 31.5 Å². The summed E-state index contributed by atoms with van der Waals surface area (Å²) in [5, 5.41) is 9.20. The normalized spacial score (nSPS) is 14.8. The third-order valence-corrected chi connectivity index (χ3v) is 6.02. The van der Waals surface area contributed by atoms with Crippen LogP contribution in [0.15, 0.2) is 33.5 Å². The van der Waals surface area contributed by atoms with Crippen molar-refractivity contribution in [2.75, 3.05) is 13.1 Å². The van der Waals surface area contributed by atoms with Crippen LogP contribution < -0.4 is 5.56 Å². The van der Waals surface area contributed by atoms with Crippen LogP contribution >= 0.6 is 0 Å². The number of aromatic nitrogens is 2. The molecule has 0 bridgehead atoms. The van der Waals surface area contributed by atoms with Crippen LogP contribution in [0.1, 0.15) is 53.5 Å². The number of oxazole rings is 1. The van der Waals surface area contributed by atoms with Crippen molar-refractivity contribution in [3.8, 4) is 6.07 Å². The Labute approximate surface area is 174 Å². The van der Waals surface area contributed by atoms with E-state index in [4.69, 9.17) is 4.42 Å². The molecule has 0 aliphatic carbocycles. The maximum atomic E-state index is 12.7. The molecule has 3 aromatic rings. The van der Waals surface area contributed by atoms with Crippen molar-refractivity contribution < 1.29 is 9.21 Å². The first-order chi connectivity index (χ1) is 14.5. The molecule has 30 heavy (non-hydrogen) atoms. The number of nitriles is 1. The molecule has 7 nitrogen and oxygen atoms in total. The summed E-state index contributed by atoms with van der Waals surface area (Å²) in [6, 6.07) is 9.70. The summed E-state index contributed by atoms with van der Waals surface area (Å²) in [6.07, 6.45) is 2.51. The molecule has 2 aromatic heterocycles. The van der Waals surface area contributed by atoms with Crippen LogP contribution in [0.4, 0.5) is 0 Å². The number of benzene rings is 1. The van der Waals surface area contributed by atoms with Gasteiger partial charge in [0.15, 0.2) is 11.5 Å². The van der Waals surface area contributed by atoms with E-state index in [9.17, 15) is 14.9 Å². The Hall–Kier alpha value is -3.40. The molecule has 4 rings (SSSR count). The van der Waals surface area contributed by atoms with Crippen LogP contribution in [0.25, 0.3) is 11.1 Å². The summed E-state index contributed by atoms with van der Waals surface area (Å²) in [4.78, 5) is 33.8. The average Bonchev–Trinajstić information content (AvgIpc) is 3.18.